The number of halogens is 1. The summed E-state index contributed by atoms with van der Waals surface area (Å²) in [6.45, 7) is 0. The molecule has 1 heterocycles. The zero-order valence-corrected chi connectivity index (χ0v) is 10.2. The number of alkyl halides is 1. The number of hydrogen-bond acceptors (Lipinski definition) is 1. The van der Waals surface area contributed by atoms with Crippen LogP contribution < -0.4 is 0 Å². The largest absolute Gasteiger partial charge is 0.265 e. The number of unbranched alkanes of at least 4 members (excludes halogenated alkanes) is 4. The van der Waals surface area contributed by atoms with E-state index in [2.05, 4.69) is 33.0 Å². The number of aryl methyl sites for hydroxylation is 1. The Kier molecular flexibility index (Phi) is 6.67. The molecule has 1 aromatic rings. The van der Waals surface area contributed by atoms with Crippen LogP contribution in [0.5, 0.6) is 0 Å². The zero-order valence-electron chi connectivity index (χ0n) is 8.58. The van der Waals surface area contributed by atoms with Crippen LogP contribution in [0.15, 0.2) is 24.5 Å². The number of rotatable bonds is 7. The van der Waals surface area contributed by atoms with Crippen molar-refractivity contribution in [2.75, 3.05) is 5.33 Å². The van der Waals surface area contributed by atoms with Crippen molar-refractivity contribution in [2.45, 2.75) is 38.5 Å². The van der Waals surface area contributed by atoms with Crippen molar-refractivity contribution in [1.82, 2.24) is 4.98 Å². The predicted octanol–water partition coefficient (Wildman–Crippen LogP) is 3.97. The maximum atomic E-state index is 4.01. The highest BCUT2D eigenvalue weighted by atomic mass is 79.9. The van der Waals surface area contributed by atoms with Crippen LogP contribution in [0.25, 0.3) is 0 Å². The van der Waals surface area contributed by atoms with E-state index in [0.717, 1.165) is 5.33 Å². The van der Waals surface area contributed by atoms with Crippen molar-refractivity contribution in [1.29, 1.82) is 0 Å². The normalized spacial score (nSPS) is 10.4. The zero-order chi connectivity index (χ0) is 10.1. The molecule has 0 aromatic carbocycles. The summed E-state index contributed by atoms with van der Waals surface area (Å²) < 4.78 is 0. The average Bonchev–Trinajstić information content (AvgIpc) is 2.25. The molecule has 0 atom stereocenters. The molecule has 0 unspecified atom stereocenters. The molecule has 0 amide bonds. The molecule has 0 fully saturated rings. The summed E-state index contributed by atoms with van der Waals surface area (Å²) >= 11 is 3.45. The van der Waals surface area contributed by atoms with Gasteiger partial charge >= 0.3 is 0 Å². The Labute approximate surface area is 95.1 Å². The van der Waals surface area contributed by atoms with Crippen molar-refractivity contribution < 1.29 is 0 Å². The van der Waals surface area contributed by atoms with Crippen LogP contribution >= 0.6 is 15.9 Å². The molecule has 0 saturated carbocycles. The number of aromatic nitrogens is 1. The van der Waals surface area contributed by atoms with Gasteiger partial charge < -0.3 is 0 Å². The van der Waals surface area contributed by atoms with Gasteiger partial charge in [-0.3, -0.25) is 4.98 Å². The van der Waals surface area contributed by atoms with Crippen molar-refractivity contribution in [3.05, 3.63) is 30.1 Å². The summed E-state index contributed by atoms with van der Waals surface area (Å²) in [6.07, 6.45) is 11.7. The van der Waals surface area contributed by atoms with Gasteiger partial charge in [0.2, 0.25) is 0 Å². The second-order valence-corrected chi connectivity index (χ2v) is 4.36. The van der Waals surface area contributed by atoms with Gasteiger partial charge in [0.1, 0.15) is 0 Å². The van der Waals surface area contributed by atoms with Crippen LogP contribution in [-0.2, 0) is 6.42 Å². The first-order chi connectivity index (χ1) is 6.93. The fraction of sp³-hybridized carbons (Fsp3) is 0.583. The monoisotopic (exact) mass is 255 g/mol. The summed E-state index contributed by atoms with van der Waals surface area (Å²) in [5.41, 5.74) is 1.42. The molecule has 14 heavy (non-hydrogen) atoms. The molecule has 0 aliphatic rings. The molecule has 0 N–H and O–H groups in total. The Hall–Kier alpha value is -0.370. The summed E-state index contributed by atoms with van der Waals surface area (Å²) in [5, 5.41) is 1.15. The first-order valence-corrected chi connectivity index (χ1v) is 6.50. The molecule has 0 bridgehead atoms. The molecule has 1 nitrogen and oxygen atoms in total. The first kappa shape index (κ1) is 11.7. The van der Waals surface area contributed by atoms with Crippen LogP contribution in [0.1, 0.15) is 37.7 Å². The third kappa shape index (κ3) is 5.38. The van der Waals surface area contributed by atoms with Gasteiger partial charge in [-0.05, 0) is 37.0 Å². The molecule has 2 heteroatoms. The van der Waals surface area contributed by atoms with Gasteiger partial charge in [-0.25, -0.2) is 0 Å². The fourth-order valence-corrected chi connectivity index (χ4v) is 1.90. The van der Waals surface area contributed by atoms with E-state index in [1.807, 2.05) is 12.4 Å². The van der Waals surface area contributed by atoms with Crippen LogP contribution in [-0.4, -0.2) is 10.3 Å². The van der Waals surface area contributed by atoms with Gasteiger partial charge in [0, 0.05) is 17.7 Å². The van der Waals surface area contributed by atoms with E-state index in [0.29, 0.717) is 0 Å². The van der Waals surface area contributed by atoms with Crippen LogP contribution in [0.4, 0.5) is 0 Å². The van der Waals surface area contributed by atoms with Gasteiger partial charge in [-0.15, -0.1) is 0 Å². The Morgan fingerprint density at radius 3 is 2.29 bits per heavy atom. The minimum Gasteiger partial charge on any atom is -0.265 e. The quantitative estimate of drug-likeness (QED) is 0.531. The summed E-state index contributed by atoms with van der Waals surface area (Å²) in [5.74, 6) is 0. The molecular formula is C12H18BrN. The summed E-state index contributed by atoms with van der Waals surface area (Å²) in [6, 6.07) is 4.22. The molecule has 0 aliphatic heterocycles. The van der Waals surface area contributed by atoms with E-state index in [1.54, 1.807) is 0 Å². The van der Waals surface area contributed by atoms with E-state index in [4.69, 9.17) is 0 Å². The number of nitrogens with zero attached hydrogens (tertiary/aromatic N) is 1. The Morgan fingerprint density at radius 2 is 1.57 bits per heavy atom. The highest BCUT2D eigenvalue weighted by molar-refractivity contribution is 9.09. The van der Waals surface area contributed by atoms with E-state index < -0.39 is 0 Å². The number of hydrogen-bond donors (Lipinski definition) is 0. The van der Waals surface area contributed by atoms with Crippen molar-refractivity contribution >= 4 is 15.9 Å². The lowest BCUT2D eigenvalue weighted by molar-refractivity contribution is 0.635. The highest BCUT2D eigenvalue weighted by Gasteiger charge is 1.92. The molecule has 0 aliphatic carbocycles. The van der Waals surface area contributed by atoms with Crippen LogP contribution in [0.3, 0.4) is 0 Å². The van der Waals surface area contributed by atoms with E-state index >= 15 is 0 Å². The first-order valence-electron chi connectivity index (χ1n) is 5.38. The number of pyridine rings is 1. The van der Waals surface area contributed by atoms with Gasteiger partial charge in [-0.2, -0.15) is 0 Å². The van der Waals surface area contributed by atoms with Gasteiger partial charge in [0.25, 0.3) is 0 Å². The second-order valence-electron chi connectivity index (χ2n) is 3.56. The highest BCUT2D eigenvalue weighted by Crippen LogP contribution is 2.08. The summed E-state index contributed by atoms with van der Waals surface area (Å²) in [4.78, 5) is 4.01. The van der Waals surface area contributed by atoms with E-state index in [1.165, 1.54) is 44.1 Å². The minimum atomic E-state index is 1.15. The van der Waals surface area contributed by atoms with Crippen molar-refractivity contribution in [2.24, 2.45) is 0 Å². The Bertz CT molecular complexity index is 223. The van der Waals surface area contributed by atoms with Crippen LogP contribution in [0.2, 0.25) is 0 Å². The molecule has 0 radical (unpaired) electrons. The predicted molar refractivity (Wildman–Crippen MR) is 64.8 cm³/mol. The van der Waals surface area contributed by atoms with Gasteiger partial charge in [-0.1, -0.05) is 35.2 Å². The van der Waals surface area contributed by atoms with Crippen LogP contribution in [0, 0.1) is 0 Å². The second kappa shape index (κ2) is 7.98. The average molecular weight is 256 g/mol. The maximum absolute atomic E-state index is 4.01. The van der Waals surface area contributed by atoms with E-state index in [9.17, 15) is 0 Å². The molecule has 0 saturated heterocycles. The minimum absolute atomic E-state index is 1.15. The molecular weight excluding hydrogens is 238 g/mol. The Morgan fingerprint density at radius 1 is 0.929 bits per heavy atom. The topological polar surface area (TPSA) is 12.9 Å². The van der Waals surface area contributed by atoms with Gasteiger partial charge in [0.15, 0.2) is 0 Å². The third-order valence-electron chi connectivity index (χ3n) is 2.35. The molecule has 78 valence electrons. The lowest BCUT2D eigenvalue weighted by atomic mass is 10.1. The Balaban J connectivity index is 1.99. The molecule has 0 spiro atoms. The molecule has 1 rings (SSSR count). The van der Waals surface area contributed by atoms with Crippen molar-refractivity contribution in [3.8, 4) is 0 Å². The fourth-order valence-electron chi connectivity index (χ4n) is 1.50. The van der Waals surface area contributed by atoms with E-state index in [-0.39, 0.29) is 0 Å². The maximum Gasteiger partial charge on any atom is 0.0270 e. The summed E-state index contributed by atoms with van der Waals surface area (Å²) in [7, 11) is 0. The molecule has 1 aromatic heterocycles. The lowest BCUT2D eigenvalue weighted by Gasteiger charge is -2.00. The SMILES string of the molecule is BrCCCCCCCc1ccncc1. The smallest absolute Gasteiger partial charge is 0.0270 e. The third-order valence-corrected chi connectivity index (χ3v) is 2.91. The standard InChI is InChI=1S/C12H18BrN/c13-9-5-3-1-2-4-6-12-7-10-14-11-8-12/h7-8,10-11H,1-6,9H2. The van der Waals surface area contributed by atoms with Gasteiger partial charge in [0.05, 0.1) is 0 Å². The van der Waals surface area contributed by atoms with Crippen molar-refractivity contribution in [3.63, 3.8) is 0 Å². The lowest BCUT2D eigenvalue weighted by Crippen LogP contribution is -1.86.